The van der Waals surface area contributed by atoms with Gasteiger partial charge >= 0.3 is 5.97 Å². The fraction of sp³-hybridized carbons (Fsp3) is 0.190. The molecule has 128 valence electrons. The highest BCUT2D eigenvalue weighted by Gasteiger charge is 1.97. The van der Waals surface area contributed by atoms with Crippen molar-refractivity contribution in [3.05, 3.63) is 72.3 Å². The van der Waals surface area contributed by atoms with Crippen molar-refractivity contribution in [3.8, 4) is 17.6 Å². The molecular formula is C21H20O3S. The Kier molecular flexibility index (Phi) is 7.68. The number of hydrogen-bond donors (Lipinski definition) is 0. The van der Waals surface area contributed by atoms with E-state index in [1.807, 2.05) is 36.4 Å². The van der Waals surface area contributed by atoms with Crippen molar-refractivity contribution < 1.29 is 14.3 Å². The smallest absolute Gasteiger partial charge is 0.330 e. The quantitative estimate of drug-likeness (QED) is 0.245. The van der Waals surface area contributed by atoms with Crippen LogP contribution in [-0.4, -0.2) is 25.4 Å². The fourth-order valence-electron chi connectivity index (χ4n) is 1.93. The highest BCUT2D eigenvalue weighted by Crippen LogP contribution is 2.15. The highest BCUT2D eigenvalue weighted by molar-refractivity contribution is 7.98. The summed E-state index contributed by atoms with van der Waals surface area (Å²) in [6, 6.07) is 15.8. The summed E-state index contributed by atoms with van der Waals surface area (Å²) >= 11 is 1.71. The van der Waals surface area contributed by atoms with E-state index in [4.69, 9.17) is 9.47 Å². The van der Waals surface area contributed by atoms with Gasteiger partial charge in [0.15, 0.2) is 0 Å². The van der Waals surface area contributed by atoms with Crippen molar-refractivity contribution in [3.63, 3.8) is 0 Å². The Bertz CT molecular complexity index is 752. The van der Waals surface area contributed by atoms with Crippen molar-refractivity contribution in [2.24, 2.45) is 0 Å². The van der Waals surface area contributed by atoms with Crippen LogP contribution in [0, 0.1) is 11.8 Å². The van der Waals surface area contributed by atoms with Crippen LogP contribution >= 0.6 is 11.8 Å². The summed E-state index contributed by atoms with van der Waals surface area (Å²) in [5.41, 5.74) is 1.92. The van der Waals surface area contributed by atoms with Crippen LogP contribution < -0.4 is 4.74 Å². The van der Waals surface area contributed by atoms with Gasteiger partial charge in [0, 0.05) is 28.5 Å². The van der Waals surface area contributed by atoms with Crippen LogP contribution in [0.25, 0.3) is 0 Å². The fourth-order valence-corrected chi connectivity index (χ4v) is 2.34. The number of thioether (sulfide) groups is 1. The van der Waals surface area contributed by atoms with Crippen LogP contribution in [0.2, 0.25) is 0 Å². The van der Waals surface area contributed by atoms with Gasteiger partial charge in [-0.2, -0.15) is 0 Å². The molecule has 0 aliphatic heterocycles. The van der Waals surface area contributed by atoms with Crippen LogP contribution in [0.4, 0.5) is 0 Å². The molecule has 0 bridgehead atoms. The maximum absolute atomic E-state index is 10.9. The average Bonchev–Trinajstić information content (AvgIpc) is 2.67. The van der Waals surface area contributed by atoms with Crippen molar-refractivity contribution in [2.45, 2.75) is 11.3 Å². The molecule has 3 nitrogen and oxygen atoms in total. The predicted octanol–water partition coefficient (Wildman–Crippen LogP) is 4.31. The lowest BCUT2D eigenvalue weighted by Gasteiger charge is -2.06. The molecule has 4 heteroatoms. The Morgan fingerprint density at radius 1 is 1.04 bits per heavy atom. The normalized spacial score (nSPS) is 9.64. The molecule has 0 aliphatic carbocycles. The first-order valence-electron chi connectivity index (χ1n) is 7.89. The molecule has 0 saturated heterocycles. The molecule has 0 unspecified atom stereocenters. The van der Waals surface area contributed by atoms with Crippen LogP contribution in [-0.2, 0) is 9.53 Å². The van der Waals surface area contributed by atoms with Gasteiger partial charge in [0.05, 0.1) is 13.2 Å². The second-order valence-corrected chi connectivity index (χ2v) is 5.96. The SMILES string of the molecule is C=CC(=O)OCCCOc1ccc(C#Cc2ccc(SC)cc2)cc1. The minimum absolute atomic E-state index is 0.323. The molecule has 0 N–H and O–H groups in total. The summed E-state index contributed by atoms with van der Waals surface area (Å²) in [5.74, 6) is 6.65. The summed E-state index contributed by atoms with van der Waals surface area (Å²) < 4.78 is 10.5. The number of ether oxygens (including phenoxy) is 2. The maximum Gasteiger partial charge on any atom is 0.330 e. The van der Waals surface area contributed by atoms with Gasteiger partial charge in [0.2, 0.25) is 0 Å². The molecule has 0 saturated carbocycles. The number of benzene rings is 2. The third-order valence-corrected chi connectivity index (χ3v) is 4.01. The zero-order valence-corrected chi connectivity index (χ0v) is 15.0. The first-order chi connectivity index (χ1) is 12.2. The van der Waals surface area contributed by atoms with E-state index in [0.717, 1.165) is 23.0 Å². The lowest BCUT2D eigenvalue weighted by atomic mass is 10.2. The molecule has 0 spiro atoms. The molecule has 0 amide bonds. The van der Waals surface area contributed by atoms with Crippen LogP contribution in [0.5, 0.6) is 5.75 Å². The molecule has 0 aliphatic rings. The van der Waals surface area contributed by atoms with Gasteiger partial charge in [-0.25, -0.2) is 4.79 Å². The van der Waals surface area contributed by atoms with Crippen LogP contribution in [0.15, 0.2) is 66.1 Å². The Morgan fingerprint density at radius 3 is 2.20 bits per heavy atom. The molecule has 0 aromatic heterocycles. The van der Waals surface area contributed by atoms with E-state index in [1.165, 1.54) is 4.90 Å². The summed E-state index contributed by atoms with van der Waals surface area (Å²) in [6.07, 6.45) is 3.84. The van der Waals surface area contributed by atoms with Crippen LogP contribution in [0.3, 0.4) is 0 Å². The number of rotatable bonds is 7. The van der Waals surface area contributed by atoms with E-state index in [1.54, 1.807) is 11.8 Å². The van der Waals surface area contributed by atoms with E-state index < -0.39 is 5.97 Å². The lowest BCUT2D eigenvalue weighted by Crippen LogP contribution is -2.06. The third-order valence-electron chi connectivity index (χ3n) is 3.26. The Hall–Kier alpha value is -2.64. The van der Waals surface area contributed by atoms with Gasteiger partial charge < -0.3 is 9.47 Å². The standard InChI is InChI=1S/C21H20O3S/c1-3-21(22)24-16-4-15-23-19-11-7-17(8-12-19)5-6-18-9-13-20(25-2)14-10-18/h3,7-14H,1,4,15-16H2,2H3. The first kappa shape index (κ1) is 18.7. The summed E-state index contributed by atoms with van der Waals surface area (Å²) in [6.45, 7) is 4.15. The largest absolute Gasteiger partial charge is 0.493 e. The molecule has 2 aromatic rings. The summed E-state index contributed by atoms with van der Waals surface area (Å²) in [4.78, 5) is 12.1. The number of carbonyl (C=O) groups excluding carboxylic acids is 1. The summed E-state index contributed by atoms with van der Waals surface area (Å²) in [7, 11) is 0. The Balaban J connectivity index is 1.80. The van der Waals surface area contributed by atoms with Gasteiger partial charge in [-0.3, -0.25) is 0 Å². The summed E-state index contributed by atoms with van der Waals surface area (Å²) in [5, 5.41) is 0. The molecule has 0 radical (unpaired) electrons. The van der Waals surface area contributed by atoms with Crippen molar-refractivity contribution in [1.82, 2.24) is 0 Å². The van der Waals surface area contributed by atoms with Crippen molar-refractivity contribution in [2.75, 3.05) is 19.5 Å². The molecule has 25 heavy (non-hydrogen) atoms. The topological polar surface area (TPSA) is 35.5 Å². The number of carbonyl (C=O) groups is 1. The van der Waals surface area contributed by atoms with Crippen LogP contribution in [0.1, 0.15) is 17.5 Å². The van der Waals surface area contributed by atoms with Crippen molar-refractivity contribution in [1.29, 1.82) is 0 Å². The molecule has 0 fully saturated rings. The number of hydrogen-bond acceptors (Lipinski definition) is 4. The third kappa shape index (κ3) is 6.78. The van der Waals surface area contributed by atoms with Gasteiger partial charge in [-0.15, -0.1) is 11.8 Å². The van der Waals surface area contributed by atoms with E-state index in [2.05, 4.69) is 36.8 Å². The minimum atomic E-state index is -0.411. The number of esters is 1. The minimum Gasteiger partial charge on any atom is -0.493 e. The molecule has 2 rings (SSSR count). The Morgan fingerprint density at radius 2 is 1.64 bits per heavy atom. The maximum atomic E-state index is 10.9. The zero-order valence-electron chi connectivity index (χ0n) is 14.2. The highest BCUT2D eigenvalue weighted by atomic mass is 32.2. The van der Waals surface area contributed by atoms with Gasteiger partial charge in [0.1, 0.15) is 5.75 Å². The first-order valence-corrected chi connectivity index (χ1v) is 9.12. The molecule has 0 atom stereocenters. The van der Waals surface area contributed by atoms with E-state index in [-0.39, 0.29) is 0 Å². The van der Waals surface area contributed by atoms with E-state index in [0.29, 0.717) is 19.6 Å². The van der Waals surface area contributed by atoms with Gasteiger partial charge in [-0.1, -0.05) is 18.4 Å². The predicted molar refractivity (Wildman–Crippen MR) is 102 cm³/mol. The Labute approximate surface area is 153 Å². The lowest BCUT2D eigenvalue weighted by molar-refractivity contribution is -0.137. The van der Waals surface area contributed by atoms with E-state index in [9.17, 15) is 4.79 Å². The van der Waals surface area contributed by atoms with Gasteiger partial charge in [0.25, 0.3) is 0 Å². The van der Waals surface area contributed by atoms with Crippen molar-refractivity contribution >= 4 is 17.7 Å². The molecule has 2 aromatic carbocycles. The van der Waals surface area contributed by atoms with E-state index >= 15 is 0 Å². The zero-order chi connectivity index (χ0) is 17.9. The van der Waals surface area contributed by atoms with Gasteiger partial charge in [-0.05, 0) is 54.8 Å². The average molecular weight is 352 g/mol. The second-order valence-electron chi connectivity index (χ2n) is 5.08. The monoisotopic (exact) mass is 352 g/mol. The molecular weight excluding hydrogens is 332 g/mol. The second kappa shape index (κ2) is 10.3. The molecule has 0 heterocycles.